The van der Waals surface area contributed by atoms with E-state index in [4.69, 9.17) is 10.5 Å². The molecule has 3 N–H and O–H groups in total. The Balaban J connectivity index is 2.25. The lowest BCUT2D eigenvalue weighted by atomic mass is 10.3. The molecule has 0 unspecified atom stereocenters. The van der Waals surface area contributed by atoms with Gasteiger partial charge in [-0.25, -0.2) is 0 Å². The quantitative estimate of drug-likeness (QED) is 0.909. The zero-order chi connectivity index (χ0) is 13.7. The molecule has 1 amide bonds. The van der Waals surface area contributed by atoms with Crippen LogP contribution in [0, 0.1) is 0 Å². The summed E-state index contributed by atoms with van der Waals surface area (Å²) < 4.78 is 6.63. The Bertz CT molecular complexity index is 587. The van der Waals surface area contributed by atoms with Gasteiger partial charge in [-0.15, -0.1) is 0 Å². The molecule has 2 aromatic carbocycles. The summed E-state index contributed by atoms with van der Waals surface area (Å²) in [5.41, 5.74) is 5.88. The number of rotatable bonds is 4. The zero-order valence-corrected chi connectivity index (χ0v) is 11.7. The van der Waals surface area contributed by atoms with E-state index in [0.717, 1.165) is 4.47 Å². The molecule has 0 saturated carbocycles. The van der Waals surface area contributed by atoms with E-state index in [1.165, 1.54) is 0 Å². The molecule has 4 nitrogen and oxygen atoms in total. The summed E-state index contributed by atoms with van der Waals surface area (Å²) in [5.74, 6) is 0.983. The van der Waals surface area contributed by atoms with Crippen LogP contribution in [0.2, 0.25) is 0 Å². The van der Waals surface area contributed by atoms with Gasteiger partial charge in [-0.3, -0.25) is 4.79 Å². The van der Waals surface area contributed by atoms with Gasteiger partial charge in [0.15, 0.2) is 5.75 Å². The van der Waals surface area contributed by atoms with Crippen molar-refractivity contribution >= 4 is 27.5 Å². The Labute approximate surface area is 119 Å². The predicted molar refractivity (Wildman–Crippen MR) is 78.3 cm³/mol. The summed E-state index contributed by atoms with van der Waals surface area (Å²) in [6.45, 7) is -0.0661. The fraction of sp³-hybridized carbons (Fsp3) is 0.0714. The Morgan fingerprint density at radius 2 is 1.74 bits per heavy atom. The van der Waals surface area contributed by atoms with Crippen molar-refractivity contribution in [1.82, 2.24) is 0 Å². The molecule has 0 fully saturated rings. The second-order valence-electron chi connectivity index (χ2n) is 3.78. The highest BCUT2D eigenvalue weighted by atomic mass is 79.9. The van der Waals surface area contributed by atoms with Gasteiger partial charge in [-0.05, 0) is 40.2 Å². The van der Waals surface area contributed by atoms with Crippen molar-refractivity contribution in [3.8, 4) is 11.5 Å². The van der Waals surface area contributed by atoms with Crippen molar-refractivity contribution in [2.45, 2.75) is 0 Å². The van der Waals surface area contributed by atoms with E-state index >= 15 is 0 Å². The summed E-state index contributed by atoms with van der Waals surface area (Å²) in [7, 11) is 0. The van der Waals surface area contributed by atoms with Crippen molar-refractivity contribution in [3.63, 3.8) is 0 Å². The first-order valence-electron chi connectivity index (χ1n) is 5.72. The second kappa shape index (κ2) is 6.36. The van der Waals surface area contributed by atoms with Crippen LogP contribution in [0.3, 0.4) is 0 Å². The van der Waals surface area contributed by atoms with Crippen LogP contribution < -0.4 is 15.8 Å². The summed E-state index contributed by atoms with van der Waals surface area (Å²) in [4.78, 5) is 11.4. The van der Waals surface area contributed by atoms with Gasteiger partial charge in [0.1, 0.15) is 5.75 Å². The van der Waals surface area contributed by atoms with E-state index in [1.807, 2.05) is 36.4 Å². The zero-order valence-electron chi connectivity index (χ0n) is 10.1. The molecular formula is C14H13BrN2O2. The molecule has 19 heavy (non-hydrogen) atoms. The monoisotopic (exact) mass is 320 g/mol. The summed E-state index contributed by atoms with van der Waals surface area (Å²) in [5, 5.41) is 2.70. The third-order valence-electron chi connectivity index (χ3n) is 2.40. The SMILES string of the molecule is NCC(=O)Nc1ccccc1Oc1ccccc1Br. The highest BCUT2D eigenvalue weighted by Gasteiger charge is 2.08. The molecule has 0 aliphatic carbocycles. The maximum atomic E-state index is 11.4. The van der Waals surface area contributed by atoms with E-state index in [9.17, 15) is 4.79 Å². The van der Waals surface area contributed by atoms with Crippen molar-refractivity contribution in [1.29, 1.82) is 0 Å². The van der Waals surface area contributed by atoms with Crippen LogP contribution in [-0.2, 0) is 4.79 Å². The number of carbonyl (C=O) groups is 1. The molecule has 2 aromatic rings. The first-order valence-corrected chi connectivity index (χ1v) is 6.51. The Morgan fingerprint density at radius 3 is 2.42 bits per heavy atom. The minimum atomic E-state index is -0.261. The van der Waals surface area contributed by atoms with E-state index in [1.54, 1.807) is 12.1 Å². The predicted octanol–water partition coefficient (Wildman–Crippen LogP) is 3.14. The fourth-order valence-electron chi connectivity index (χ4n) is 1.51. The van der Waals surface area contributed by atoms with Crippen LogP contribution in [0.15, 0.2) is 53.0 Å². The lowest BCUT2D eigenvalue weighted by Gasteiger charge is -2.12. The van der Waals surface area contributed by atoms with Gasteiger partial charge in [0.05, 0.1) is 16.7 Å². The number of carbonyl (C=O) groups excluding carboxylic acids is 1. The highest BCUT2D eigenvalue weighted by Crippen LogP contribution is 2.33. The maximum absolute atomic E-state index is 11.4. The van der Waals surface area contributed by atoms with Gasteiger partial charge < -0.3 is 15.8 Å². The van der Waals surface area contributed by atoms with Crippen LogP contribution in [0.25, 0.3) is 0 Å². The number of ether oxygens (including phenoxy) is 1. The van der Waals surface area contributed by atoms with Gasteiger partial charge in [-0.1, -0.05) is 24.3 Å². The largest absolute Gasteiger partial charge is 0.454 e. The molecule has 0 aromatic heterocycles. The van der Waals surface area contributed by atoms with E-state index < -0.39 is 0 Å². The number of hydrogen-bond donors (Lipinski definition) is 2. The number of nitrogens with two attached hydrogens (primary N) is 1. The average Bonchev–Trinajstić information content (AvgIpc) is 2.43. The summed E-state index contributed by atoms with van der Waals surface area (Å²) in [6.07, 6.45) is 0. The number of amides is 1. The lowest BCUT2D eigenvalue weighted by molar-refractivity contribution is -0.114. The minimum absolute atomic E-state index is 0.0661. The van der Waals surface area contributed by atoms with Crippen molar-refractivity contribution < 1.29 is 9.53 Å². The number of benzene rings is 2. The molecule has 0 aliphatic rings. The van der Waals surface area contributed by atoms with Crippen molar-refractivity contribution in [3.05, 3.63) is 53.0 Å². The van der Waals surface area contributed by atoms with E-state index in [-0.39, 0.29) is 12.5 Å². The van der Waals surface area contributed by atoms with Crippen molar-refractivity contribution in [2.24, 2.45) is 5.73 Å². The molecular weight excluding hydrogens is 308 g/mol. The Hall–Kier alpha value is -1.85. The van der Waals surface area contributed by atoms with Crippen molar-refractivity contribution in [2.75, 3.05) is 11.9 Å². The number of para-hydroxylation sites is 3. The number of anilines is 1. The van der Waals surface area contributed by atoms with Crippen LogP contribution in [0.1, 0.15) is 0 Å². The number of halogens is 1. The normalized spacial score (nSPS) is 10.0. The van der Waals surface area contributed by atoms with Gasteiger partial charge in [0, 0.05) is 0 Å². The summed E-state index contributed by atoms with van der Waals surface area (Å²) >= 11 is 3.41. The molecule has 0 bridgehead atoms. The molecule has 0 heterocycles. The van der Waals surface area contributed by atoms with Crippen LogP contribution in [0.5, 0.6) is 11.5 Å². The van der Waals surface area contributed by atoms with Gasteiger partial charge in [0.2, 0.25) is 5.91 Å². The molecule has 0 radical (unpaired) electrons. The van der Waals surface area contributed by atoms with Gasteiger partial charge >= 0.3 is 0 Å². The third kappa shape index (κ3) is 3.56. The molecule has 0 atom stereocenters. The molecule has 5 heteroatoms. The number of hydrogen-bond acceptors (Lipinski definition) is 3. The molecule has 0 saturated heterocycles. The molecule has 0 aliphatic heterocycles. The lowest BCUT2D eigenvalue weighted by Crippen LogP contribution is -2.22. The van der Waals surface area contributed by atoms with Crippen LogP contribution in [0.4, 0.5) is 5.69 Å². The maximum Gasteiger partial charge on any atom is 0.238 e. The minimum Gasteiger partial charge on any atom is -0.454 e. The molecule has 98 valence electrons. The second-order valence-corrected chi connectivity index (χ2v) is 4.64. The topological polar surface area (TPSA) is 64.4 Å². The van der Waals surface area contributed by atoms with Gasteiger partial charge in [0.25, 0.3) is 0 Å². The first kappa shape index (κ1) is 13.6. The molecule has 2 rings (SSSR count). The van der Waals surface area contributed by atoms with E-state index in [0.29, 0.717) is 17.2 Å². The standard InChI is InChI=1S/C14H13BrN2O2/c15-10-5-1-3-7-12(10)19-13-8-4-2-6-11(13)17-14(18)9-16/h1-8H,9,16H2,(H,17,18). The van der Waals surface area contributed by atoms with E-state index in [2.05, 4.69) is 21.2 Å². The third-order valence-corrected chi connectivity index (χ3v) is 3.06. The number of nitrogens with one attached hydrogen (secondary N) is 1. The highest BCUT2D eigenvalue weighted by molar-refractivity contribution is 9.10. The summed E-state index contributed by atoms with van der Waals surface area (Å²) in [6, 6.07) is 14.7. The average molecular weight is 321 g/mol. The molecule has 0 spiro atoms. The van der Waals surface area contributed by atoms with Crippen LogP contribution >= 0.6 is 15.9 Å². The van der Waals surface area contributed by atoms with Gasteiger partial charge in [-0.2, -0.15) is 0 Å². The van der Waals surface area contributed by atoms with Crippen LogP contribution in [-0.4, -0.2) is 12.5 Å². The fourth-order valence-corrected chi connectivity index (χ4v) is 1.87. The Morgan fingerprint density at radius 1 is 1.11 bits per heavy atom. The smallest absolute Gasteiger partial charge is 0.238 e. The Kier molecular flexibility index (Phi) is 4.54. The first-order chi connectivity index (χ1) is 9.20.